The van der Waals surface area contributed by atoms with Crippen LogP contribution in [-0.2, 0) is 9.47 Å². The molecule has 0 radical (unpaired) electrons. The molecule has 0 aliphatic carbocycles. The second-order valence-electron chi connectivity index (χ2n) is 5.02. The maximum absolute atomic E-state index is 11.9. The van der Waals surface area contributed by atoms with E-state index in [1.54, 1.807) is 4.90 Å². The van der Waals surface area contributed by atoms with Gasteiger partial charge in [-0.05, 0) is 20.8 Å². The standard InChI is InChI=1S/C11H20BrNO3/c1-11(2,3)16-10(14)13-4-5-15-8-9(6-12)7-13/h9H,4-8H2,1-3H3. The van der Waals surface area contributed by atoms with Crippen LogP contribution in [0.15, 0.2) is 0 Å². The van der Waals surface area contributed by atoms with Crippen LogP contribution in [0.25, 0.3) is 0 Å². The second-order valence-corrected chi connectivity index (χ2v) is 5.67. The monoisotopic (exact) mass is 293 g/mol. The molecule has 0 aromatic rings. The predicted molar refractivity (Wildman–Crippen MR) is 65.9 cm³/mol. The molecule has 1 atom stereocenters. The third kappa shape index (κ3) is 4.70. The summed E-state index contributed by atoms with van der Waals surface area (Å²) in [6, 6.07) is 0. The van der Waals surface area contributed by atoms with Crippen LogP contribution < -0.4 is 0 Å². The molecule has 1 amide bonds. The van der Waals surface area contributed by atoms with Crippen molar-refractivity contribution in [3.63, 3.8) is 0 Å². The highest BCUT2D eigenvalue weighted by Crippen LogP contribution is 2.14. The average Bonchev–Trinajstić information content (AvgIpc) is 2.39. The third-order valence-electron chi connectivity index (χ3n) is 2.21. The summed E-state index contributed by atoms with van der Waals surface area (Å²) < 4.78 is 10.8. The molecule has 1 rings (SSSR count). The lowest BCUT2D eigenvalue weighted by Crippen LogP contribution is -2.40. The van der Waals surface area contributed by atoms with Crippen molar-refractivity contribution < 1.29 is 14.3 Å². The summed E-state index contributed by atoms with van der Waals surface area (Å²) >= 11 is 3.42. The molecule has 5 heteroatoms. The number of amides is 1. The first-order valence-corrected chi connectivity index (χ1v) is 6.66. The quantitative estimate of drug-likeness (QED) is 0.696. The van der Waals surface area contributed by atoms with Crippen molar-refractivity contribution in [3.05, 3.63) is 0 Å². The molecular weight excluding hydrogens is 274 g/mol. The van der Waals surface area contributed by atoms with Gasteiger partial charge in [-0.2, -0.15) is 0 Å². The first kappa shape index (κ1) is 13.8. The number of alkyl halides is 1. The average molecular weight is 294 g/mol. The highest BCUT2D eigenvalue weighted by molar-refractivity contribution is 9.09. The Balaban J connectivity index is 2.53. The SMILES string of the molecule is CC(C)(C)OC(=O)N1CCOCC(CBr)C1. The first-order valence-electron chi connectivity index (χ1n) is 5.54. The molecule has 0 aromatic heterocycles. The molecule has 1 fully saturated rings. The molecule has 0 N–H and O–H groups in total. The Kier molecular flexibility index (Phi) is 5.05. The van der Waals surface area contributed by atoms with Gasteiger partial charge in [0.2, 0.25) is 0 Å². The van der Waals surface area contributed by atoms with E-state index in [-0.39, 0.29) is 6.09 Å². The minimum atomic E-state index is -0.436. The van der Waals surface area contributed by atoms with Gasteiger partial charge in [-0.1, -0.05) is 15.9 Å². The Hall–Kier alpha value is -0.290. The van der Waals surface area contributed by atoms with Crippen LogP contribution in [0.3, 0.4) is 0 Å². The van der Waals surface area contributed by atoms with Crippen molar-refractivity contribution in [3.8, 4) is 0 Å². The van der Waals surface area contributed by atoms with Crippen molar-refractivity contribution in [1.29, 1.82) is 0 Å². The molecule has 1 unspecified atom stereocenters. The number of hydrogen-bond donors (Lipinski definition) is 0. The van der Waals surface area contributed by atoms with E-state index in [9.17, 15) is 4.79 Å². The molecule has 0 bridgehead atoms. The Labute approximate surface area is 105 Å². The molecule has 4 nitrogen and oxygen atoms in total. The first-order chi connectivity index (χ1) is 7.42. The molecule has 16 heavy (non-hydrogen) atoms. The fourth-order valence-corrected chi connectivity index (χ4v) is 1.86. The Morgan fingerprint density at radius 1 is 1.56 bits per heavy atom. The van der Waals surface area contributed by atoms with Gasteiger partial charge in [-0.25, -0.2) is 4.79 Å². The number of ether oxygens (including phenoxy) is 2. The van der Waals surface area contributed by atoms with Crippen molar-refractivity contribution >= 4 is 22.0 Å². The summed E-state index contributed by atoms with van der Waals surface area (Å²) in [6.45, 7) is 8.22. The zero-order valence-electron chi connectivity index (χ0n) is 10.2. The van der Waals surface area contributed by atoms with E-state index in [1.165, 1.54) is 0 Å². The number of rotatable bonds is 1. The second kappa shape index (κ2) is 5.87. The van der Waals surface area contributed by atoms with Crippen LogP contribution in [0.2, 0.25) is 0 Å². The molecule has 94 valence electrons. The zero-order chi connectivity index (χ0) is 12.2. The lowest BCUT2D eigenvalue weighted by molar-refractivity contribution is 0.0236. The summed E-state index contributed by atoms with van der Waals surface area (Å²) in [5, 5.41) is 0.840. The number of nitrogens with zero attached hydrogens (tertiary/aromatic N) is 1. The van der Waals surface area contributed by atoms with E-state index < -0.39 is 5.60 Å². The number of hydrogen-bond acceptors (Lipinski definition) is 3. The molecular formula is C11H20BrNO3. The predicted octanol–water partition coefficient (Wildman–Crippen LogP) is 2.26. The number of halogens is 1. The number of carbonyl (C=O) groups is 1. The maximum Gasteiger partial charge on any atom is 0.410 e. The normalized spacial score (nSPS) is 22.8. The largest absolute Gasteiger partial charge is 0.444 e. The van der Waals surface area contributed by atoms with Crippen LogP contribution in [0.5, 0.6) is 0 Å². The minimum absolute atomic E-state index is 0.246. The summed E-state index contributed by atoms with van der Waals surface area (Å²) in [7, 11) is 0. The highest BCUT2D eigenvalue weighted by Gasteiger charge is 2.26. The molecule has 0 aromatic carbocycles. The van der Waals surface area contributed by atoms with Gasteiger partial charge in [0, 0.05) is 24.3 Å². The van der Waals surface area contributed by atoms with Gasteiger partial charge in [0.05, 0.1) is 13.2 Å². The van der Waals surface area contributed by atoms with Crippen LogP contribution in [0.4, 0.5) is 4.79 Å². The van der Waals surface area contributed by atoms with Gasteiger partial charge in [-0.15, -0.1) is 0 Å². The summed E-state index contributed by atoms with van der Waals surface area (Å²) in [5.74, 6) is 0.343. The Bertz CT molecular complexity index is 240. The summed E-state index contributed by atoms with van der Waals surface area (Å²) in [6.07, 6.45) is -0.246. The maximum atomic E-state index is 11.9. The van der Waals surface area contributed by atoms with Crippen LogP contribution in [-0.4, -0.2) is 48.2 Å². The van der Waals surface area contributed by atoms with E-state index in [2.05, 4.69) is 15.9 Å². The van der Waals surface area contributed by atoms with E-state index in [0.717, 1.165) is 5.33 Å². The lowest BCUT2D eigenvalue weighted by atomic mass is 10.2. The minimum Gasteiger partial charge on any atom is -0.444 e. The molecule has 1 aliphatic rings. The Morgan fingerprint density at radius 2 is 2.25 bits per heavy atom. The van der Waals surface area contributed by atoms with Crippen LogP contribution in [0, 0.1) is 5.92 Å². The molecule has 1 aliphatic heterocycles. The van der Waals surface area contributed by atoms with E-state index in [1.807, 2.05) is 20.8 Å². The highest BCUT2D eigenvalue weighted by atomic mass is 79.9. The third-order valence-corrected chi connectivity index (χ3v) is 3.12. The summed E-state index contributed by atoms with van der Waals surface area (Å²) in [4.78, 5) is 13.6. The van der Waals surface area contributed by atoms with Gasteiger partial charge in [0.15, 0.2) is 0 Å². The number of carbonyl (C=O) groups excluding carboxylic acids is 1. The zero-order valence-corrected chi connectivity index (χ0v) is 11.7. The Morgan fingerprint density at radius 3 is 2.81 bits per heavy atom. The van der Waals surface area contributed by atoms with Crippen LogP contribution >= 0.6 is 15.9 Å². The van der Waals surface area contributed by atoms with Crippen molar-refractivity contribution in [2.45, 2.75) is 26.4 Å². The van der Waals surface area contributed by atoms with Gasteiger partial charge in [0.1, 0.15) is 5.60 Å². The van der Waals surface area contributed by atoms with Gasteiger partial charge in [0.25, 0.3) is 0 Å². The fourth-order valence-electron chi connectivity index (χ4n) is 1.47. The molecule has 1 heterocycles. The molecule has 0 saturated carbocycles. The van der Waals surface area contributed by atoms with Gasteiger partial charge >= 0.3 is 6.09 Å². The van der Waals surface area contributed by atoms with E-state index in [0.29, 0.717) is 32.2 Å². The topological polar surface area (TPSA) is 38.8 Å². The van der Waals surface area contributed by atoms with Crippen LogP contribution in [0.1, 0.15) is 20.8 Å². The smallest absolute Gasteiger partial charge is 0.410 e. The van der Waals surface area contributed by atoms with Gasteiger partial charge in [-0.3, -0.25) is 0 Å². The van der Waals surface area contributed by atoms with E-state index in [4.69, 9.17) is 9.47 Å². The molecule has 0 spiro atoms. The fraction of sp³-hybridized carbons (Fsp3) is 0.909. The molecule has 1 saturated heterocycles. The summed E-state index contributed by atoms with van der Waals surface area (Å²) in [5.41, 5.74) is -0.436. The van der Waals surface area contributed by atoms with Crippen molar-refractivity contribution in [2.75, 3.05) is 31.6 Å². The van der Waals surface area contributed by atoms with Crippen molar-refractivity contribution in [1.82, 2.24) is 4.90 Å². The van der Waals surface area contributed by atoms with E-state index >= 15 is 0 Å². The van der Waals surface area contributed by atoms with Crippen molar-refractivity contribution in [2.24, 2.45) is 5.92 Å². The van der Waals surface area contributed by atoms with Gasteiger partial charge < -0.3 is 14.4 Å². The lowest BCUT2D eigenvalue weighted by Gasteiger charge is -2.27.